The van der Waals surface area contributed by atoms with E-state index in [-0.39, 0.29) is 0 Å². The Kier molecular flexibility index (Phi) is 3.49. The molecule has 0 N–H and O–H groups in total. The van der Waals surface area contributed by atoms with Crippen molar-refractivity contribution in [1.82, 2.24) is 4.90 Å². The van der Waals surface area contributed by atoms with E-state index in [4.69, 9.17) is 16.3 Å². The molecule has 3 heteroatoms. The molecule has 1 fully saturated rings. The highest BCUT2D eigenvalue weighted by Gasteiger charge is 2.27. The Balaban J connectivity index is 1.77. The SMILES string of the molecule is CCCN1CC(Oc2ccc(Cl)cc2)C1. The number of ether oxygens (including phenoxy) is 1. The van der Waals surface area contributed by atoms with E-state index in [0.717, 1.165) is 23.9 Å². The smallest absolute Gasteiger partial charge is 0.124 e. The van der Waals surface area contributed by atoms with Crippen molar-refractivity contribution < 1.29 is 4.74 Å². The Labute approximate surface area is 95.8 Å². The van der Waals surface area contributed by atoms with E-state index in [2.05, 4.69) is 11.8 Å². The van der Waals surface area contributed by atoms with Crippen molar-refractivity contribution in [2.24, 2.45) is 0 Å². The van der Waals surface area contributed by atoms with Gasteiger partial charge in [-0.05, 0) is 37.2 Å². The molecule has 1 aromatic rings. The van der Waals surface area contributed by atoms with E-state index in [1.165, 1.54) is 13.0 Å². The van der Waals surface area contributed by atoms with Crippen LogP contribution in [0.3, 0.4) is 0 Å². The number of nitrogens with zero attached hydrogens (tertiary/aromatic N) is 1. The second-order valence-electron chi connectivity index (χ2n) is 3.95. The molecule has 1 saturated heterocycles. The average Bonchev–Trinajstić information content (AvgIpc) is 2.18. The number of halogens is 1. The third-order valence-electron chi connectivity index (χ3n) is 2.58. The molecule has 0 unspecified atom stereocenters. The fraction of sp³-hybridized carbons (Fsp3) is 0.500. The van der Waals surface area contributed by atoms with Crippen LogP contribution in [0.1, 0.15) is 13.3 Å². The Morgan fingerprint density at radius 3 is 2.60 bits per heavy atom. The van der Waals surface area contributed by atoms with Gasteiger partial charge < -0.3 is 4.74 Å². The third-order valence-corrected chi connectivity index (χ3v) is 2.83. The number of hydrogen-bond donors (Lipinski definition) is 0. The lowest BCUT2D eigenvalue weighted by atomic mass is 10.1. The van der Waals surface area contributed by atoms with Crippen molar-refractivity contribution in [3.8, 4) is 5.75 Å². The molecule has 0 atom stereocenters. The van der Waals surface area contributed by atoms with Crippen LogP contribution in [0.2, 0.25) is 5.02 Å². The van der Waals surface area contributed by atoms with Gasteiger partial charge in [-0.1, -0.05) is 18.5 Å². The Bertz CT molecular complexity index is 306. The number of benzene rings is 1. The maximum Gasteiger partial charge on any atom is 0.124 e. The van der Waals surface area contributed by atoms with Crippen LogP contribution in [0.4, 0.5) is 0 Å². The zero-order valence-electron chi connectivity index (χ0n) is 8.95. The molecule has 1 heterocycles. The van der Waals surface area contributed by atoms with Gasteiger partial charge in [0, 0.05) is 18.1 Å². The number of hydrogen-bond acceptors (Lipinski definition) is 2. The fourth-order valence-corrected chi connectivity index (χ4v) is 1.93. The molecule has 0 radical (unpaired) electrons. The summed E-state index contributed by atoms with van der Waals surface area (Å²) in [7, 11) is 0. The molecule has 82 valence electrons. The highest BCUT2D eigenvalue weighted by molar-refractivity contribution is 6.30. The second-order valence-corrected chi connectivity index (χ2v) is 4.39. The first-order chi connectivity index (χ1) is 7.28. The predicted molar refractivity (Wildman–Crippen MR) is 62.6 cm³/mol. The summed E-state index contributed by atoms with van der Waals surface area (Å²) in [4.78, 5) is 2.40. The van der Waals surface area contributed by atoms with Crippen LogP contribution in [0.5, 0.6) is 5.75 Å². The van der Waals surface area contributed by atoms with Crippen LogP contribution < -0.4 is 4.74 Å². The van der Waals surface area contributed by atoms with Gasteiger partial charge in [-0.25, -0.2) is 0 Å². The summed E-state index contributed by atoms with van der Waals surface area (Å²) in [6.07, 6.45) is 1.57. The van der Waals surface area contributed by atoms with Crippen LogP contribution in [0.25, 0.3) is 0 Å². The fourth-order valence-electron chi connectivity index (χ4n) is 1.80. The topological polar surface area (TPSA) is 12.5 Å². The molecule has 0 bridgehead atoms. The molecule has 2 nitrogen and oxygen atoms in total. The zero-order valence-corrected chi connectivity index (χ0v) is 9.70. The van der Waals surface area contributed by atoms with Gasteiger partial charge in [-0.15, -0.1) is 0 Å². The van der Waals surface area contributed by atoms with Crippen LogP contribution >= 0.6 is 11.6 Å². The van der Waals surface area contributed by atoms with E-state index in [1.807, 2.05) is 24.3 Å². The maximum atomic E-state index is 5.80. The highest BCUT2D eigenvalue weighted by Crippen LogP contribution is 2.20. The highest BCUT2D eigenvalue weighted by atomic mass is 35.5. The summed E-state index contributed by atoms with van der Waals surface area (Å²) in [5.74, 6) is 0.917. The minimum Gasteiger partial charge on any atom is -0.488 e. The van der Waals surface area contributed by atoms with Gasteiger partial charge in [0.2, 0.25) is 0 Å². The van der Waals surface area contributed by atoms with Crippen LogP contribution in [-0.4, -0.2) is 30.6 Å². The Morgan fingerprint density at radius 1 is 1.33 bits per heavy atom. The monoisotopic (exact) mass is 225 g/mol. The van der Waals surface area contributed by atoms with Gasteiger partial charge >= 0.3 is 0 Å². The number of likely N-dealkylation sites (tertiary alicyclic amines) is 1. The van der Waals surface area contributed by atoms with Crippen molar-refractivity contribution in [1.29, 1.82) is 0 Å². The van der Waals surface area contributed by atoms with Crippen molar-refractivity contribution in [3.63, 3.8) is 0 Å². The summed E-state index contributed by atoms with van der Waals surface area (Å²) in [5.41, 5.74) is 0. The standard InChI is InChI=1S/C12H16ClNO/c1-2-7-14-8-12(9-14)15-11-5-3-10(13)4-6-11/h3-6,12H,2,7-9H2,1H3. The zero-order chi connectivity index (χ0) is 10.7. The molecule has 0 saturated carbocycles. The van der Waals surface area contributed by atoms with E-state index in [0.29, 0.717) is 6.10 Å². The van der Waals surface area contributed by atoms with Gasteiger partial charge in [0.25, 0.3) is 0 Å². The lowest BCUT2D eigenvalue weighted by Gasteiger charge is -2.38. The van der Waals surface area contributed by atoms with Crippen molar-refractivity contribution in [2.45, 2.75) is 19.4 Å². The molecule has 0 aromatic heterocycles. The van der Waals surface area contributed by atoms with Gasteiger partial charge in [0.1, 0.15) is 11.9 Å². The van der Waals surface area contributed by atoms with Crippen LogP contribution in [0, 0.1) is 0 Å². The summed E-state index contributed by atoms with van der Waals surface area (Å²) >= 11 is 5.80. The first kappa shape index (κ1) is 10.8. The summed E-state index contributed by atoms with van der Waals surface area (Å²) in [5, 5.41) is 0.753. The largest absolute Gasteiger partial charge is 0.488 e. The predicted octanol–water partition coefficient (Wildman–Crippen LogP) is 2.81. The molecule has 1 aliphatic heterocycles. The van der Waals surface area contributed by atoms with E-state index < -0.39 is 0 Å². The van der Waals surface area contributed by atoms with E-state index in [9.17, 15) is 0 Å². The third kappa shape index (κ3) is 2.86. The van der Waals surface area contributed by atoms with Crippen LogP contribution in [-0.2, 0) is 0 Å². The second kappa shape index (κ2) is 4.86. The van der Waals surface area contributed by atoms with Crippen molar-refractivity contribution >= 4 is 11.6 Å². The summed E-state index contributed by atoms with van der Waals surface area (Å²) < 4.78 is 5.78. The molecule has 0 aliphatic carbocycles. The molecule has 0 spiro atoms. The molecule has 1 aromatic carbocycles. The lowest BCUT2D eigenvalue weighted by Crippen LogP contribution is -2.53. The normalized spacial score (nSPS) is 17.5. The van der Waals surface area contributed by atoms with Gasteiger partial charge in [0.05, 0.1) is 0 Å². The molecule has 2 rings (SSSR count). The van der Waals surface area contributed by atoms with Crippen molar-refractivity contribution in [3.05, 3.63) is 29.3 Å². The molecular weight excluding hydrogens is 210 g/mol. The summed E-state index contributed by atoms with van der Waals surface area (Å²) in [6.45, 7) is 5.49. The quantitative estimate of drug-likeness (QED) is 0.782. The Morgan fingerprint density at radius 2 is 2.00 bits per heavy atom. The lowest BCUT2D eigenvalue weighted by molar-refractivity contribution is 0.0203. The Hall–Kier alpha value is -0.730. The molecule has 1 aliphatic rings. The minimum atomic E-state index is 0.359. The maximum absolute atomic E-state index is 5.80. The summed E-state index contributed by atoms with van der Waals surface area (Å²) in [6, 6.07) is 7.56. The first-order valence-electron chi connectivity index (χ1n) is 5.42. The van der Waals surface area contributed by atoms with Gasteiger partial charge in [-0.2, -0.15) is 0 Å². The average molecular weight is 226 g/mol. The molecule has 0 amide bonds. The first-order valence-corrected chi connectivity index (χ1v) is 5.80. The minimum absolute atomic E-state index is 0.359. The number of rotatable bonds is 4. The van der Waals surface area contributed by atoms with E-state index in [1.54, 1.807) is 0 Å². The van der Waals surface area contributed by atoms with Crippen LogP contribution in [0.15, 0.2) is 24.3 Å². The van der Waals surface area contributed by atoms with Crippen molar-refractivity contribution in [2.75, 3.05) is 19.6 Å². The van der Waals surface area contributed by atoms with Gasteiger partial charge in [0.15, 0.2) is 0 Å². The molecule has 15 heavy (non-hydrogen) atoms. The van der Waals surface area contributed by atoms with Gasteiger partial charge in [-0.3, -0.25) is 4.90 Å². The van der Waals surface area contributed by atoms with E-state index >= 15 is 0 Å². The molecular formula is C12H16ClNO.